The summed E-state index contributed by atoms with van der Waals surface area (Å²) in [5, 5.41) is 21.9. The smallest absolute Gasteiger partial charge is 0.334 e. The quantitative estimate of drug-likeness (QED) is 0.574. The average molecular weight is 364 g/mol. The summed E-state index contributed by atoms with van der Waals surface area (Å²) >= 11 is 0. The van der Waals surface area contributed by atoms with Crippen LogP contribution in [0.5, 0.6) is 0 Å². The van der Waals surface area contributed by atoms with Gasteiger partial charge in [-0.25, -0.2) is 9.59 Å². The highest BCUT2D eigenvalue weighted by atomic mass is 16.6. The highest BCUT2D eigenvalue weighted by Crippen LogP contribution is 2.59. The van der Waals surface area contributed by atoms with Crippen LogP contribution in [0.1, 0.15) is 47.0 Å². The molecule has 0 aromatic carbocycles. The van der Waals surface area contributed by atoms with Crippen LogP contribution >= 0.6 is 0 Å². The lowest BCUT2D eigenvalue weighted by Crippen LogP contribution is -2.65. The molecule has 6 heteroatoms. The SMILES string of the molecule is C=C1C(=O)O[C@@H]2C[C@@]3(C)[C@H](O)CC[C@@](C)(O)[C@H]3[C@H](OC(=O)/C(C)=C\C)[C@H]12. The normalized spacial score (nSPS) is 45.6. The van der Waals surface area contributed by atoms with Gasteiger partial charge in [0.15, 0.2) is 0 Å². The Morgan fingerprint density at radius 2 is 2.08 bits per heavy atom. The Morgan fingerprint density at radius 1 is 1.42 bits per heavy atom. The Balaban J connectivity index is 2.08. The van der Waals surface area contributed by atoms with Crippen LogP contribution in [0.25, 0.3) is 0 Å². The second-order valence-electron chi connectivity index (χ2n) is 8.44. The van der Waals surface area contributed by atoms with Crippen LogP contribution in [-0.4, -0.2) is 46.1 Å². The molecule has 26 heavy (non-hydrogen) atoms. The second-order valence-corrected chi connectivity index (χ2v) is 8.44. The number of esters is 2. The zero-order valence-corrected chi connectivity index (χ0v) is 15.8. The highest BCUT2D eigenvalue weighted by Gasteiger charge is 2.66. The number of aliphatic hydroxyl groups is 2. The Kier molecular flexibility index (Phi) is 4.56. The van der Waals surface area contributed by atoms with Crippen molar-refractivity contribution in [3.8, 4) is 0 Å². The minimum atomic E-state index is -1.14. The first kappa shape index (κ1) is 19.1. The zero-order chi connectivity index (χ0) is 19.4. The van der Waals surface area contributed by atoms with E-state index >= 15 is 0 Å². The van der Waals surface area contributed by atoms with Crippen LogP contribution in [0.15, 0.2) is 23.8 Å². The number of rotatable bonds is 2. The lowest BCUT2D eigenvalue weighted by atomic mass is 9.50. The van der Waals surface area contributed by atoms with Gasteiger partial charge in [-0.1, -0.05) is 19.6 Å². The standard InChI is InChI=1S/C20H28O6/c1-6-10(2)17(22)26-15-14-11(3)18(23)25-12(14)9-19(4)13(21)7-8-20(5,24)16(15)19/h6,12-16,21,24H,3,7-9H2,1-2,4-5H3/b10-6-/t12-,13-,14-,15-,16+,19+,20-/m1/s1. The first-order chi connectivity index (χ1) is 12.0. The van der Waals surface area contributed by atoms with E-state index in [1.54, 1.807) is 26.8 Å². The molecule has 3 fully saturated rings. The molecule has 0 bridgehead atoms. The van der Waals surface area contributed by atoms with Crippen molar-refractivity contribution < 1.29 is 29.3 Å². The van der Waals surface area contributed by atoms with Crippen molar-refractivity contribution in [2.24, 2.45) is 17.3 Å². The predicted molar refractivity (Wildman–Crippen MR) is 93.9 cm³/mol. The van der Waals surface area contributed by atoms with E-state index < -0.39 is 53.1 Å². The topological polar surface area (TPSA) is 93.1 Å². The molecule has 3 aliphatic rings. The van der Waals surface area contributed by atoms with Gasteiger partial charge in [0.05, 0.1) is 17.6 Å². The number of carbonyl (C=O) groups is 2. The van der Waals surface area contributed by atoms with Crippen molar-refractivity contribution in [2.45, 2.75) is 70.9 Å². The van der Waals surface area contributed by atoms with Gasteiger partial charge >= 0.3 is 11.9 Å². The van der Waals surface area contributed by atoms with Gasteiger partial charge in [0.1, 0.15) is 12.2 Å². The van der Waals surface area contributed by atoms with Crippen molar-refractivity contribution in [2.75, 3.05) is 0 Å². The van der Waals surface area contributed by atoms with Crippen LogP contribution in [0.4, 0.5) is 0 Å². The van der Waals surface area contributed by atoms with Crippen LogP contribution < -0.4 is 0 Å². The summed E-state index contributed by atoms with van der Waals surface area (Å²) < 4.78 is 11.3. The number of allylic oxidation sites excluding steroid dienone is 1. The van der Waals surface area contributed by atoms with Gasteiger partial charge in [-0.15, -0.1) is 0 Å². The minimum absolute atomic E-state index is 0.267. The van der Waals surface area contributed by atoms with Crippen molar-refractivity contribution in [3.63, 3.8) is 0 Å². The van der Waals surface area contributed by atoms with E-state index in [4.69, 9.17) is 9.47 Å². The van der Waals surface area contributed by atoms with E-state index in [1.807, 2.05) is 6.92 Å². The first-order valence-electron chi connectivity index (χ1n) is 9.17. The number of ether oxygens (including phenoxy) is 2. The maximum Gasteiger partial charge on any atom is 0.334 e. The fourth-order valence-corrected chi connectivity index (χ4v) is 5.17. The van der Waals surface area contributed by atoms with E-state index in [0.717, 1.165) is 0 Å². The molecule has 0 aromatic heterocycles. The fourth-order valence-electron chi connectivity index (χ4n) is 5.17. The molecule has 6 nitrogen and oxygen atoms in total. The van der Waals surface area contributed by atoms with Crippen molar-refractivity contribution >= 4 is 11.9 Å². The van der Waals surface area contributed by atoms with Crippen molar-refractivity contribution in [1.82, 2.24) is 0 Å². The molecule has 1 heterocycles. The molecule has 2 saturated carbocycles. The average Bonchev–Trinajstić information content (AvgIpc) is 2.84. The van der Waals surface area contributed by atoms with Gasteiger partial charge in [-0.05, 0) is 40.0 Å². The molecule has 3 rings (SSSR count). The van der Waals surface area contributed by atoms with Crippen LogP contribution in [-0.2, 0) is 19.1 Å². The van der Waals surface area contributed by atoms with E-state index in [-0.39, 0.29) is 5.57 Å². The lowest BCUT2D eigenvalue weighted by Gasteiger charge is -2.59. The molecule has 0 unspecified atom stereocenters. The Labute approximate surface area is 153 Å². The molecule has 1 aliphatic heterocycles. The number of carbonyl (C=O) groups excluding carboxylic acids is 2. The Morgan fingerprint density at radius 3 is 2.69 bits per heavy atom. The molecule has 144 valence electrons. The van der Waals surface area contributed by atoms with Gasteiger partial charge in [0, 0.05) is 22.5 Å². The molecule has 0 spiro atoms. The largest absolute Gasteiger partial charge is 0.458 e. The number of hydrogen-bond donors (Lipinski definition) is 2. The third kappa shape index (κ3) is 2.70. The first-order valence-corrected chi connectivity index (χ1v) is 9.17. The van der Waals surface area contributed by atoms with Gasteiger partial charge in [-0.2, -0.15) is 0 Å². The van der Waals surface area contributed by atoms with Crippen molar-refractivity contribution in [1.29, 1.82) is 0 Å². The molecule has 2 aliphatic carbocycles. The minimum Gasteiger partial charge on any atom is -0.458 e. The molecular formula is C20H28O6. The highest BCUT2D eigenvalue weighted by molar-refractivity contribution is 5.91. The zero-order valence-electron chi connectivity index (χ0n) is 15.8. The van der Waals surface area contributed by atoms with Crippen LogP contribution in [0.2, 0.25) is 0 Å². The van der Waals surface area contributed by atoms with Crippen LogP contribution in [0, 0.1) is 17.3 Å². The van der Waals surface area contributed by atoms with E-state index in [0.29, 0.717) is 24.8 Å². The number of aliphatic hydroxyl groups excluding tert-OH is 1. The lowest BCUT2D eigenvalue weighted by molar-refractivity contribution is -0.234. The monoisotopic (exact) mass is 364 g/mol. The van der Waals surface area contributed by atoms with Gasteiger partial charge in [0.25, 0.3) is 0 Å². The summed E-state index contributed by atoms with van der Waals surface area (Å²) in [5.74, 6) is -2.03. The molecule has 0 amide bonds. The molecule has 0 aromatic rings. The predicted octanol–water partition coefficient (Wildman–Crippen LogP) is 1.89. The summed E-state index contributed by atoms with van der Waals surface area (Å²) in [7, 11) is 0. The van der Waals surface area contributed by atoms with Crippen molar-refractivity contribution in [3.05, 3.63) is 23.8 Å². The number of hydrogen-bond acceptors (Lipinski definition) is 6. The maximum atomic E-state index is 12.5. The summed E-state index contributed by atoms with van der Waals surface area (Å²) in [6.07, 6.45) is 0.922. The summed E-state index contributed by atoms with van der Waals surface area (Å²) in [5.41, 5.74) is -1.16. The summed E-state index contributed by atoms with van der Waals surface area (Å²) in [6, 6.07) is 0. The number of fused-ring (bicyclic) bond motifs is 2. The molecular weight excluding hydrogens is 336 g/mol. The van der Waals surface area contributed by atoms with Gasteiger partial charge < -0.3 is 19.7 Å². The maximum absolute atomic E-state index is 12.5. The molecule has 7 atom stereocenters. The van der Waals surface area contributed by atoms with Gasteiger partial charge in [-0.3, -0.25) is 0 Å². The Bertz CT molecular complexity index is 678. The summed E-state index contributed by atoms with van der Waals surface area (Å²) in [4.78, 5) is 24.6. The molecule has 2 N–H and O–H groups in total. The Hall–Kier alpha value is -1.66. The third-order valence-corrected chi connectivity index (χ3v) is 6.71. The van der Waals surface area contributed by atoms with E-state index in [2.05, 4.69) is 6.58 Å². The summed E-state index contributed by atoms with van der Waals surface area (Å²) in [6.45, 7) is 10.8. The van der Waals surface area contributed by atoms with Gasteiger partial charge in [0.2, 0.25) is 0 Å². The van der Waals surface area contributed by atoms with Crippen LogP contribution in [0.3, 0.4) is 0 Å². The van der Waals surface area contributed by atoms with E-state index in [9.17, 15) is 19.8 Å². The third-order valence-electron chi connectivity index (χ3n) is 6.71. The molecule has 1 saturated heterocycles. The molecule has 0 radical (unpaired) electrons. The fraction of sp³-hybridized carbons (Fsp3) is 0.700. The second kappa shape index (κ2) is 6.20. The van der Waals surface area contributed by atoms with E-state index in [1.165, 1.54) is 0 Å².